The highest BCUT2D eigenvalue weighted by Gasteiger charge is 2.08. The van der Waals surface area contributed by atoms with E-state index in [4.69, 9.17) is 4.74 Å². The first-order valence-electron chi connectivity index (χ1n) is 5.68. The van der Waals surface area contributed by atoms with E-state index < -0.39 is 5.97 Å². The summed E-state index contributed by atoms with van der Waals surface area (Å²) >= 11 is 0. The van der Waals surface area contributed by atoms with Gasteiger partial charge in [-0.1, -0.05) is 43.0 Å². The molecule has 94 valence electrons. The van der Waals surface area contributed by atoms with Crippen molar-refractivity contribution in [2.75, 3.05) is 0 Å². The van der Waals surface area contributed by atoms with Gasteiger partial charge in [0, 0.05) is 0 Å². The van der Waals surface area contributed by atoms with E-state index in [2.05, 4.69) is 16.8 Å². The molecule has 0 aliphatic carbocycles. The van der Waals surface area contributed by atoms with Crippen molar-refractivity contribution in [2.24, 2.45) is 10.2 Å². The summed E-state index contributed by atoms with van der Waals surface area (Å²) in [7, 11) is 0. The Bertz CT molecular complexity index is 592. The fourth-order valence-electron chi connectivity index (χ4n) is 1.31. The highest BCUT2D eigenvalue weighted by atomic mass is 16.5. The fourth-order valence-corrected chi connectivity index (χ4v) is 1.31. The van der Waals surface area contributed by atoms with E-state index in [-0.39, 0.29) is 5.70 Å². The van der Waals surface area contributed by atoms with Gasteiger partial charge in [-0.25, -0.2) is 4.79 Å². The van der Waals surface area contributed by atoms with Gasteiger partial charge in [-0.15, -0.1) is 5.11 Å². The molecule has 0 spiro atoms. The summed E-state index contributed by atoms with van der Waals surface area (Å²) < 4.78 is 5.07. The molecule has 0 heterocycles. The van der Waals surface area contributed by atoms with Crippen LogP contribution < -0.4 is 4.74 Å². The van der Waals surface area contributed by atoms with Crippen LogP contribution in [0.3, 0.4) is 0 Å². The average Bonchev–Trinajstić information content (AvgIpc) is 2.47. The van der Waals surface area contributed by atoms with Crippen molar-refractivity contribution in [3.05, 3.63) is 72.9 Å². The SMILES string of the molecule is C=C(N=Nc1ccccc1)C(=O)Oc1ccccc1. The van der Waals surface area contributed by atoms with Crippen LogP contribution in [0, 0.1) is 0 Å². The normalized spacial score (nSPS) is 10.3. The number of carbonyl (C=O) groups is 1. The molecule has 19 heavy (non-hydrogen) atoms. The average molecular weight is 252 g/mol. The van der Waals surface area contributed by atoms with E-state index in [1.54, 1.807) is 36.4 Å². The zero-order valence-corrected chi connectivity index (χ0v) is 10.2. The predicted molar refractivity (Wildman–Crippen MR) is 72.2 cm³/mol. The molecule has 0 atom stereocenters. The summed E-state index contributed by atoms with van der Waals surface area (Å²) in [6, 6.07) is 17.8. The van der Waals surface area contributed by atoms with Crippen molar-refractivity contribution in [2.45, 2.75) is 0 Å². The first-order chi connectivity index (χ1) is 9.25. The Morgan fingerprint density at radius 2 is 1.53 bits per heavy atom. The molecule has 0 saturated carbocycles. The number of benzene rings is 2. The van der Waals surface area contributed by atoms with E-state index >= 15 is 0 Å². The molecule has 2 aromatic rings. The van der Waals surface area contributed by atoms with Crippen LogP contribution in [0.15, 0.2) is 83.2 Å². The second-order valence-electron chi connectivity index (χ2n) is 3.68. The van der Waals surface area contributed by atoms with Crippen LogP contribution in [0.25, 0.3) is 0 Å². The molecule has 0 aliphatic rings. The third-order valence-electron chi connectivity index (χ3n) is 2.23. The van der Waals surface area contributed by atoms with Crippen molar-refractivity contribution in [3.8, 4) is 5.75 Å². The van der Waals surface area contributed by atoms with Gasteiger partial charge in [-0.05, 0) is 24.3 Å². The lowest BCUT2D eigenvalue weighted by Gasteiger charge is -2.02. The van der Waals surface area contributed by atoms with Gasteiger partial charge in [-0.3, -0.25) is 0 Å². The molecule has 0 N–H and O–H groups in total. The Balaban J connectivity index is 1.97. The first kappa shape index (κ1) is 12.7. The number of nitrogens with zero attached hydrogens (tertiary/aromatic N) is 2. The minimum atomic E-state index is -0.620. The molecule has 0 aromatic heterocycles. The third kappa shape index (κ3) is 3.89. The molecule has 4 nitrogen and oxygen atoms in total. The number of para-hydroxylation sites is 1. The lowest BCUT2D eigenvalue weighted by atomic mass is 10.3. The number of rotatable bonds is 4. The summed E-state index contributed by atoms with van der Waals surface area (Å²) in [5.74, 6) is -0.172. The molecule has 0 saturated heterocycles. The number of hydrogen-bond donors (Lipinski definition) is 0. The van der Waals surface area contributed by atoms with Crippen LogP contribution in [0.1, 0.15) is 0 Å². The molecule has 0 aliphatic heterocycles. The molecule has 0 amide bonds. The Kier molecular flexibility index (Phi) is 4.18. The Labute approximate surface area is 111 Å². The van der Waals surface area contributed by atoms with Crippen LogP contribution in [0.2, 0.25) is 0 Å². The van der Waals surface area contributed by atoms with E-state index in [0.717, 1.165) is 0 Å². The Morgan fingerprint density at radius 3 is 2.16 bits per heavy atom. The number of hydrogen-bond acceptors (Lipinski definition) is 4. The van der Waals surface area contributed by atoms with E-state index in [0.29, 0.717) is 11.4 Å². The fraction of sp³-hybridized carbons (Fsp3) is 0. The number of ether oxygens (including phenoxy) is 1. The van der Waals surface area contributed by atoms with Crippen molar-refractivity contribution < 1.29 is 9.53 Å². The van der Waals surface area contributed by atoms with Gasteiger partial charge in [-0.2, -0.15) is 5.11 Å². The minimum Gasteiger partial charge on any atom is -0.422 e. The maximum atomic E-state index is 11.7. The van der Waals surface area contributed by atoms with Crippen molar-refractivity contribution >= 4 is 11.7 Å². The summed E-state index contributed by atoms with van der Waals surface area (Å²) in [5, 5.41) is 7.64. The lowest BCUT2D eigenvalue weighted by molar-refractivity contribution is -0.130. The van der Waals surface area contributed by atoms with Gasteiger partial charge in [0.2, 0.25) is 0 Å². The number of azo groups is 1. The number of carbonyl (C=O) groups excluding carboxylic acids is 1. The maximum absolute atomic E-state index is 11.7. The van der Waals surface area contributed by atoms with Crippen LogP contribution >= 0.6 is 0 Å². The minimum absolute atomic E-state index is 0.0484. The first-order valence-corrected chi connectivity index (χ1v) is 5.68. The molecule has 4 heteroatoms. The van der Waals surface area contributed by atoms with Crippen LogP contribution in [0.4, 0.5) is 5.69 Å². The van der Waals surface area contributed by atoms with Gasteiger partial charge in [0.25, 0.3) is 0 Å². The van der Waals surface area contributed by atoms with Crippen LogP contribution in [-0.2, 0) is 4.79 Å². The summed E-state index contributed by atoms with van der Waals surface area (Å²) in [4.78, 5) is 11.7. The molecule has 2 rings (SSSR count). The smallest absolute Gasteiger partial charge is 0.363 e. The zero-order chi connectivity index (χ0) is 13.5. The quantitative estimate of drug-likeness (QED) is 0.359. The molecular formula is C15H12N2O2. The highest BCUT2D eigenvalue weighted by molar-refractivity contribution is 5.88. The van der Waals surface area contributed by atoms with Gasteiger partial charge in [0.05, 0.1) is 5.69 Å². The van der Waals surface area contributed by atoms with Gasteiger partial charge >= 0.3 is 5.97 Å². The largest absolute Gasteiger partial charge is 0.422 e. The molecule has 0 radical (unpaired) electrons. The van der Waals surface area contributed by atoms with Crippen molar-refractivity contribution in [3.63, 3.8) is 0 Å². The van der Waals surface area contributed by atoms with Crippen molar-refractivity contribution in [1.82, 2.24) is 0 Å². The topological polar surface area (TPSA) is 51.0 Å². The molecule has 0 unspecified atom stereocenters. The van der Waals surface area contributed by atoms with Crippen LogP contribution in [-0.4, -0.2) is 5.97 Å². The number of esters is 1. The van der Waals surface area contributed by atoms with E-state index in [1.807, 2.05) is 24.3 Å². The molecule has 0 fully saturated rings. The summed E-state index contributed by atoms with van der Waals surface area (Å²) in [5.41, 5.74) is 0.601. The summed E-state index contributed by atoms with van der Waals surface area (Å²) in [6.07, 6.45) is 0. The van der Waals surface area contributed by atoms with Crippen LogP contribution in [0.5, 0.6) is 5.75 Å². The Morgan fingerprint density at radius 1 is 0.947 bits per heavy atom. The van der Waals surface area contributed by atoms with Crippen molar-refractivity contribution in [1.29, 1.82) is 0 Å². The molecule has 0 bridgehead atoms. The molecular weight excluding hydrogens is 240 g/mol. The van der Waals surface area contributed by atoms with Gasteiger partial charge in [0.1, 0.15) is 5.75 Å². The monoisotopic (exact) mass is 252 g/mol. The highest BCUT2D eigenvalue weighted by Crippen LogP contribution is 2.14. The third-order valence-corrected chi connectivity index (χ3v) is 2.23. The maximum Gasteiger partial charge on any atom is 0.363 e. The summed E-state index contributed by atoms with van der Waals surface area (Å²) in [6.45, 7) is 3.53. The Hall–Kier alpha value is -2.75. The van der Waals surface area contributed by atoms with Gasteiger partial charge in [0.15, 0.2) is 5.70 Å². The standard InChI is InChI=1S/C15H12N2O2/c1-12(16-17-13-8-4-2-5-9-13)15(18)19-14-10-6-3-7-11-14/h2-11H,1H2. The van der Waals surface area contributed by atoms with E-state index in [1.165, 1.54) is 0 Å². The second-order valence-corrected chi connectivity index (χ2v) is 3.68. The predicted octanol–water partition coefficient (Wildman–Crippen LogP) is 3.89. The van der Waals surface area contributed by atoms with Gasteiger partial charge < -0.3 is 4.74 Å². The lowest BCUT2D eigenvalue weighted by Crippen LogP contribution is -2.08. The molecule has 2 aromatic carbocycles. The van der Waals surface area contributed by atoms with E-state index in [9.17, 15) is 4.79 Å². The zero-order valence-electron chi connectivity index (χ0n) is 10.2. The second kappa shape index (κ2) is 6.26.